The van der Waals surface area contributed by atoms with Gasteiger partial charge in [0, 0.05) is 18.8 Å². The molecular formula is C20H42ClN5O10P2. The molecule has 0 fully saturated rings. The lowest BCUT2D eigenvalue weighted by molar-refractivity contribution is -0.131. The summed E-state index contributed by atoms with van der Waals surface area (Å²) in [6, 6.07) is -0.719. The van der Waals surface area contributed by atoms with E-state index in [2.05, 4.69) is 15.9 Å². The third-order valence-electron chi connectivity index (χ3n) is 4.50. The number of rotatable bonds is 19. The van der Waals surface area contributed by atoms with Crippen LogP contribution in [0.2, 0.25) is 0 Å². The molecule has 0 spiro atoms. The highest BCUT2D eigenvalue weighted by Gasteiger charge is 2.35. The minimum absolute atomic E-state index is 0.0180. The van der Waals surface area contributed by atoms with Gasteiger partial charge >= 0.3 is 21.2 Å². The molecule has 1 N–H and O–H groups in total. The van der Waals surface area contributed by atoms with Crippen LogP contribution in [0.5, 0.6) is 0 Å². The number of carbonyl (C=O) groups is 2. The van der Waals surface area contributed by atoms with Crippen LogP contribution >= 0.6 is 26.8 Å². The highest BCUT2D eigenvalue weighted by molar-refractivity contribution is 7.54. The quantitative estimate of drug-likeness (QED) is 0.0851. The Labute approximate surface area is 229 Å². The lowest BCUT2D eigenvalue weighted by Gasteiger charge is -2.25. The molecule has 224 valence electrons. The van der Waals surface area contributed by atoms with Crippen molar-refractivity contribution >= 4 is 38.7 Å². The van der Waals surface area contributed by atoms with E-state index < -0.39 is 38.6 Å². The number of nitrogens with one attached hydrogen (secondary N) is 1. The number of hydrogen-bond acceptors (Lipinski definition) is 12. The van der Waals surface area contributed by atoms with Crippen molar-refractivity contribution < 1.29 is 36.8 Å². The molecule has 0 heterocycles. The van der Waals surface area contributed by atoms with Gasteiger partial charge in [-0.25, -0.2) is 4.79 Å². The lowest BCUT2D eigenvalue weighted by Crippen LogP contribution is -2.41. The van der Waals surface area contributed by atoms with Gasteiger partial charge in [0.25, 0.3) is 0 Å². The van der Waals surface area contributed by atoms with Crippen LogP contribution in [0, 0.1) is 9.81 Å². The van der Waals surface area contributed by atoms with E-state index in [9.17, 15) is 28.5 Å². The van der Waals surface area contributed by atoms with Crippen LogP contribution in [-0.4, -0.2) is 78.8 Å². The van der Waals surface area contributed by atoms with Crippen LogP contribution in [0.4, 0.5) is 4.79 Å². The Balaban J connectivity index is 0. The predicted molar refractivity (Wildman–Crippen MR) is 145 cm³/mol. The topological polar surface area (TPSA) is 183 Å². The van der Waals surface area contributed by atoms with Crippen LogP contribution in [0.3, 0.4) is 0 Å². The Morgan fingerprint density at radius 1 is 0.816 bits per heavy atom. The Hall–Kier alpha value is -1.47. The number of carbonyl (C=O) groups excluding carboxylic acids is 2. The van der Waals surface area contributed by atoms with Gasteiger partial charge in [-0.2, -0.15) is 10.0 Å². The molecule has 0 saturated heterocycles. The van der Waals surface area contributed by atoms with Gasteiger partial charge in [-0.1, -0.05) is 13.8 Å². The van der Waals surface area contributed by atoms with Crippen LogP contribution in [-0.2, 0) is 32.0 Å². The zero-order valence-corrected chi connectivity index (χ0v) is 25.7. The van der Waals surface area contributed by atoms with Gasteiger partial charge in [-0.3, -0.25) is 13.9 Å². The molecule has 0 aromatic heterocycles. The van der Waals surface area contributed by atoms with Gasteiger partial charge in [0.15, 0.2) is 0 Å². The molecule has 0 saturated carbocycles. The molecule has 0 aromatic rings. The van der Waals surface area contributed by atoms with E-state index in [1.54, 1.807) is 41.5 Å². The zero-order valence-electron chi connectivity index (χ0n) is 23.2. The highest BCUT2D eigenvalue weighted by Crippen LogP contribution is 2.54. The Kier molecular flexibility index (Phi) is 21.7. The molecule has 18 heteroatoms. The summed E-state index contributed by atoms with van der Waals surface area (Å²) in [7, 11) is -6.79. The summed E-state index contributed by atoms with van der Waals surface area (Å²) < 4.78 is 45.2. The standard InChI is InChI=1S/C10H20ClN2O5P.C10H22N3O5P/c1-4-17-19(16,18-5-2)9(3)8-10(14)13(12-15)7-6-11;1-5-8-13(12-15)10(14)11-9(4)19(16,17-6-2)18-7-3/h9H,4-8H2,1-3H3;9H,5-8H2,1-4H3,(H,11,14)/t2*9-/m10/s1. The molecule has 2 atom stereocenters. The Morgan fingerprint density at radius 3 is 1.63 bits per heavy atom. The van der Waals surface area contributed by atoms with E-state index in [4.69, 9.17) is 29.7 Å². The SMILES string of the molecule is CCCN(N=O)C(=O)N[C@H](C)P(=O)(OCC)OCC.CCOP(=O)(OCC)[C@H](C)CC(=O)N(CCCl)N=O. The maximum Gasteiger partial charge on any atom is 0.352 e. The molecule has 0 aromatic carbocycles. The fraction of sp³-hybridized carbons (Fsp3) is 0.900. The fourth-order valence-corrected chi connectivity index (χ4v) is 6.11. The molecule has 0 aliphatic rings. The second kappa shape index (κ2) is 21.4. The number of hydrogen-bond donors (Lipinski definition) is 1. The second-order valence-electron chi connectivity index (χ2n) is 7.42. The first-order chi connectivity index (χ1) is 17.9. The minimum Gasteiger partial charge on any atom is -0.322 e. The maximum absolute atomic E-state index is 12.4. The summed E-state index contributed by atoms with van der Waals surface area (Å²) >= 11 is 5.45. The van der Waals surface area contributed by atoms with E-state index in [0.717, 1.165) is 5.01 Å². The van der Waals surface area contributed by atoms with E-state index >= 15 is 0 Å². The molecule has 0 aliphatic heterocycles. The number of urea groups is 1. The average Bonchev–Trinajstić information content (AvgIpc) is 2.86. The van der Waals surface area contributed by atoms with E-state index in [-0.39, 0.29) is 51.8 Å². The predicted octanol–water partition coefficient (Wildman–Crippen LogP) is 5.48. The Morgan fingerprint density at radius 2 is 1.26 bits per heavy atom. The highest BCUT2D eigenvalue weighted by atomic mass is 35.5. The van der Waals surface area contributed by atoms with E-state index in [0.29, 0.717) is 11.4 Å². The maximum atomic E-state index is 12.4. The second-order valence-corrected chi connectivity index (χ2v) is 12.6. The van der Waals surface area contributed by atoms with Crippen molar-refractivity contribution in [3.8, 4) is 0 Å². The monoisotopic (exact) mass is 609 g/mol. The summed E-state index contributed by atoms with van der Waals surface area (Å²) in [6.45, 7) is 12.6. The number of amides is 3. The first kappa shape index (κ1) is 38.7. The van der Waals surface area contributed by atoms with Crippen LogP contribution in [0.25, 0.3) is 0 Å². The van der Waals surface area contributed by atoms with Crippen molar-refractivity contribution in [2.75, 3.05) is 45.4 Å². The van der Waals surface area contributed by atoms with Gasteiger partial charge in [-0.05, 0) is 41.0 Å². The third-order valence-corrected chi connectivity index (χ3v) is 9.49. The van der Waals surface area contributed by atoms with Gasteiger partial charge in [0.1, 0.15) is 5.78 Å². The summed E-state index contributed by atoms with van der Waals surface area (Å²) in [5.41, 5.74) is -0.653. The summed E-state index contributed by atoms with van der Waals surface area (Å²) in [4.78, 5) is 44.5. The molecule has 0 bridgehead atoms. The first-order valence-corrected chi connectivity index (χ1v) is 16.0. The largest absolute Gasteiger partial charge is 0.352 e. The average molecular weight is 610 g/mol. The number of alkyl halides is 1. The normalized spacial score (nSPS) is 12.9. The minimum atomic E-state index is -3.44. The first-order valence-electron chi connectivity index (χ1n) is 12.3. The van der Waals surface area contributed by atoms with Crippen molar-refractivity contribution in [2.24, 2.45) is 10.6 Å². The molecule has 0 rings (SSSR count). The number of nitrogens with zero attached hydrogens (tertiary/aromatic N) is 4. The molecule has 0 aliphatic carbocycles. The Bertz CT molecular complexity index is 726. The smallest absolute Gasteiger partial charge is 0.322 e. The summed E-state index contributed by atoms with van der Waals surface area (Å²) in [6.07, 6.45) is 0.433. The van der Waals surface area contributed by atoms with Gasteiger partial charge in [-0.15, -0.1) is 21.4 Å². The molecule has 3 amide bonds. The fourth-order valence-electron chi connectivity index (χ4n) is 2.76. The molecule has 0 unspecified atom stereocenters. The van der Waals surface area contributed by atoms with Gasteiger partial charge in [0.05, 0.1) is 49.2 Å². The van der Waals surface area contributed by atoms with Crippen molar-refractivity contribution in [1.29, 1.82) is 0 Å². The zero-order chi connectivity index (χ0) is 29.8. The summed E-state index contributed by atoms with van der Waals surface area (Å²) in [5, 5.41) is 9.04. The van der Waals surface area contributed by atoms with Crippen molar-refractivity contribution in [3.63, 3.8) is 0 Å². The number of halogens is 1. The van der Waals surface area contributed by atoms with Crippen molar-refractivity contribution in [3.05, 3.63) is 9.81 Å². The van der Waals surface area contributed by atoms with Gasteiger partial charge < -0.3 is 23.4 Å². The molecular weight excluding hydrogens is 568 g/mol. The van der Waals surface area contributed by atoms with Crippen molar-refractivity contribution in [1.82, 2.24) is 15.3 Å². The van der Waals surface area contributed by atoms with Crippen LogP contribution < -0.4 is 5.32 Å². The van der Waals surface area contributed by atoms with E-state index in [1.807, 2.05) is 0 Å². The van der Waals surface area contributed by atoms with Gasteiger partial charge in [0.2, 0.25) is 5.91 Å². The molecule has 38 heavy (non-hydrogen) atoms. The van der Waals surface area contributed by atoms with E-state index in [1.165, 1.54) is 6.92 Å². The lowest BCUT2D eigenvalue weighted by atomic mass is 10.3. The number of nitroso groups, excluding NO2 is 2. The summed E-state index contributed by atoms with van der Waals surface area (Å²) in [5.74, 6) is -1.32. The molecule has 0 radical (unpaired) electrons. The third kappa shape index (κ3) is 14.1. The molecule has 15 nitrogen and oxygen atoms in total. The van der Waals surface area contributed by atoms with Crippen LogP contribution in [0.1, 0.15) is 61.3 Å². The van der Waals surface area contributed by atoms with Crippen LogP contribution in [0.15, 0.2) is 10.6 Å². The van der Waals surface area contributed by atoms with Crippen molar-refractivity contribution in [2.45, 2.75) is 72.7 Å².